The molecule has 0 amide bonds. The van der Waals surface area contributed by atoms with Gasteiger partial charge >= 0.3 is 0 Å². The lowest BCUT2D eigenvalue weighted by Crippen LogP contribution is -2.58. The Morgan fingerprint density at radius 1 is 1.35 bits per heavy atom. The predicted molar refractivity (Wildman–Crippen MR) is 71.2 cm³/mol. The molecule has 0 aromatic heterocycles. The topological polar surface area (TPSA) is 72.2 Å². The first kappa shape index (κ1) is 14.9. The summed E-state index contributed by atoms with van der Waals surface area (Å²) in [6.07, 6.45) is 5.84. The molecule has 1 aliphatic carbocycles. The molecule has 17 heavy (non-hydrogen) atoms. The summed E-state index contributed by atoms with van der Waals surface area (Å²) >= 11 is 0. The number of rotatable bonds is 4. The molecule has 1 rings (SSSR count). The Balaban J connectivity index is 2.91. The third kappa shape index (κ3) is 3.20. The standard InChI is InChI=1S/C12H26N2O2S/c1-9-6-5-7-10(8-9)11(14-13)12(2,3)17(4,15)16/h9-11,14H,5-8,13H2,1-4H3. The summed E-state index contributed by atoms with van der Waals surface area (Å²) in [7, 11) is -3.12. The molecule has 0 saturated heterocycles. The van der Waals surface area contributed by atoms with Gasteiger partial charge in [0.15, 0.2) is 9.84 Å². The van der Waals surface area contributed by atoms with Crippen molar-refractivity contribution in [3.05, 3.63) is 0 Å². The van der Waals surface area contributed by atoms with Crippen molar-refractivity contribution in [2.45, 2.75) is 57.2 Å². The van der Waals surface area contributed by atoms with Gasteiger partial charge in [0.1, 0.15) is 0 Å². The second-order valence-electron chi connectivity index (χ2n) is 6.05. The summed E-state index contributed by atoms with van der Waals surface area (Å²) in [6, 6.07) is -0.166. The van der Waals surface area contributed by atoms with Crippen LogP contribution in [0.5, 0.6) is 0 Å². The first-order chi connectivity index (χ1) is 7.70. The highest BCUT2D eigenvalue weighted by Gasteiger charge is 2.43. The van der Waals surface area contributed by atoms with Crippen LogP contribution in [0, 0.1) is 11.8 Å². The van der Waals surface area contributed by atoms with E-state index in [-0.39, 0.29) is 6.04 Å². The van der Waals surface area contributed by atoms with Crippen LogP contribution in [0.2, 0.25) is 0 Å². The summed E-state index contributed by atoms with van der Waals surface area (Å²) in [6.45, 7) is 5.77. The normalized spacial score (nSPS) is 29.0. The first-order valence-corrected chi connectivity index (χ1v) is 8.25. The van der Waals surface area contributed by atoms with Crippen molar-refractivity contribution in [3.63, 3.8) is 0 Å². The minimum atomic E-state index is -3.12. The molecular formula is C12H26N2O2S. The van der Waals surface area contributed by atoms with Crippen molar-refractivity contribution in [2.75, 3.05) is 6.26 Å². The van der Waals surface area contributed by atoms with Crippen LogP contribution < -0.4 is 11.3 Å². The molecule has 3 N–H and O–H groups in total. The molecule has 0 radical (unpaired) electrons. The number of hydrazine groups is 1. The van der Waals surface area contributed by atoms with Crippen LogP contribution in [-0.4, -0.2) is 25.5 Å². The van der Waals surface area contributed by atoms with Gasteiger partial charge in [0, 0.05) is 12.3 Å². The van der Waals surface area contributed by atoms with E-state index in [2.05, 4.69) is 12.3 Å². The molecule has 0 aliphatic heterocycles. The summed E-state index contributed by atoms with van der Waals surface area (Å²) in [5.41, 5.74) is 2.76. The fourth-order valence-corrected chi connectivity index (χ4v) is 3.64. The highest BCUT2D eigenvalue weighted by molar-refractivity contribution is 7.92. The van der Waals surface area contributed by atoms with E-state index in [4.69, 9.17) is 5.84 Å². The number of nitrogens with one attached hydrogen (secondary N) is 1. The summed E-state index contributed by atoms with van der Waals surface area (Å²) in [5.74, 6) is 6.64. The zero-order chi connectivity index (χ0) is 13.3. The lowest BCUT2D eigenvalue weighted by atomic mass is 9.75. The molecule has 0 spiro atoms. The smallest absolute Gasteiger partial charge is 0.154 e. The molecule has 3 unspecified atom stereocenters. The van der Waals surface area contributed by atoms with Gasteiger partial charge in [0.2, 0.25) is 0 Å². The predicted octanol–water partition coefficient (Wildman–Crippen LogP) is 1.47. The largest absolute Gasteiger partial charge is 0.271 e. The van der Waals surface area contributed by atoms with Crippen LogP contribution in [-0.2, 0) is 9.84 Å². The molecule has 3 atom stereocenters. The van der Waals surface area contributed by atoms with E-state index in [0.29, 0.717) is 11.8 Å². The van der Waals surface area contributed by atoms with Crippen LogP contribution in [0.1, 0.15) is 46.5 Å². The Hall–Kier alpha value is -0.130. The molecule has 0 aromatic carbocycles. The zero-order valence-electron chi connectivity index (χ0n) is 11.4. The lowest BCUT2D eigenvalue weighted by Gasteiger charge is -2.40. The van der Waals surface area contributed by atoms with E-state index in [1.165, 1.54) is 19.1 Å². The maximum absolute atomic E-state index is 11.9. The van der Waals surface area contributed by atoms with Gasteiger partial charge in [-0.15, -0.1) is 0 Å². The molecule has 0 heterocycles. The molecule has 1 fully saturated rings. The Labute approximate surface area is 105 Å². The van der Waals surface area contributed by atoms with Crippen molar-refractivity contribution in [2.24, 2.45) is 17.7 Å². The van der Waals surface area contributed by atoms with Gasteiger partial charge in [-0.3, -0.25) is 11.3 Å². The van der Waals surface area contributed by atoms with Crippen LogP contribution in [0.4, 0.5) is 0 Å². The zero-order valence-corrected chi connectivity index (χ0v) is 12.2. The monoisotopic (exact) mass is 262 g/mol. The van der Waals surface area contributed by atoms with E-state index in [0.717, 1.165) is 12.8 Å². The van der Waals surface area contributed by atoms with Gasteiger partial charge in [0.05, 0.1) is 4.75 Å². The SMILES string of the molecule is CC1CCCC(C(NN)C(C)(C)S(C)(=O)=O)C1. The minimum Gasteiger partial charge on any atom is -0.271 e. The Bertz CT molecular complexity index is 352. The molecule has 102 valence electrons. The van der Waals surface area contributed by atoms with Crippen molar-refractivity contribution in [1.29, 1.82) is 0 Å². The molecule has 1 saturated carbocycles. The molecule has 5 heteroatoms. The average molecular weight is 262 g/mol. The summed E-state index contributed by atoms with van der Waals surface area (Å²) < 4.78 is 22.9. The number of sulfone groups is 1. The quantitative estimate of drug-likeness (QED) is 0.594. The average Bonchev–Trinajstić information content (AvgIpc) is 2.16. The van der Waals surface area contributed by atoms with E-state index in [1.54, 1.807) is 13.8 Å². The van der Waals surface area contributed by atoms with E-state index in [1.807, 2.05) is 0 Å². The van der Waals surface area contributed by atoms with Gasteiger partial charge in [-0.2, -0.15) is 0 Å². The van der Waals surface area contributed by atoms with E-state index in [9.17, 15) is 8.42 Å². The third-order valence-corrected chi connectivity index (χ3v) is 6.50. The highest BCUT2D eigenvalue weighted by atomic mass is 32.2. The molecular weight excluding hydrogens is 236 g/mol. The van der Waals surface area contributed by atoms with Crippen LogP contribution in [0.3, 0.4) is 0 Å². The molecule has 0 bridgehead atoms. The van der Waals surface area contributed by atoms with Crippen molar-refractivity contribution in [1.82, 2.24) is 5.43 Å². The van der Waals surface area contributed by atoms with Gasteiger partial charge in [-0.05, 0) is 38.5 Å². The fraction of sp³-hybridized carbons (Fsp3) is 1.00. The van der Waals surface area contributed by atoms with E-state index < -0.39 is 14.6 Å². The Morgan fingerprint density at radius 2 is 1.94 bits per heavy atom. The number of hydrogen-bond donors (Lipinski definition) is 2. The van der Waals surface area contributed by atoms with Gasteiger partial charge in [-0.1, -0.05) is 19.8 Å². The van der Waals surface area contributed by atoms with Gasteiger partial charge in [-0.25, -0.2) is 8.42 Å². The molecule has 1 aliphatic rings. The Kier molecular flexibility index (Phi) is 4.60. The summed E-state index contributed by atoms with van der Waals surface area (Å²) in [5, 5.41) is 0. The van der Waals surface area contributed by atoms with Crippen molar-refractivity contribution in [3.8, 4) is 0 Å². The number of nitrogens with two attached hydrogens (primary N) is 1. The second-order valence-corrected chi connectivity index (χ2v) is 8.65. The van der Waals surface area contributed by atoms with Crippen LogP contribution in [0.25, 0.3) is 0 Å². The van der Waals surface area contributed by atoms with Gasteiger partial charge < -0.3 is 0 Å². The van der Waals surface area contributed by atoms with Crippen LogP contribution in [0.15, 0.2) is 0 Å². The lowest BCUT2D eigenvalue weighted by molar-refractivity contribution is 0.198. The molecule has 4 nitrogen and oxygen atoms in total. The minimum absolute atomic E-state index is 0.166. The van der Waals surface area contributed by atoms with E-state index >= 15 is 0 Å². The number of hydrogen-bond acceptors (Lipinski definition) is 4. The van der Waals surface area contributed by atoms with Crippen molar-refractivity contribution >= 4 is 9.84 Å². The fourth-order valence-electron chi connectivity index (χ4n) is 2.92. The maximum atomic E-state index is 11.9. The molecule has 0 aromatic rings. The highest BCUT2D eigenvalue weighted by Crippen LogP contribution is 2.36. The van der Waals surface area contributed by atoms with Crippen LogP contribution >= 0.6 is 0 Å². The van der Waals surface area contributed by atoms with Crippen molar-refractivity contribution < 1.29 is 8.42 Å². The summed E-state index contributed by atoms with van der Waals surface area (Å²) in [4.78, 5) is 0. The second kappa shape index (κ2) is 5.24. The first-order valence-electron chi connectivity index (χ1n) is 6.36. The Morgan fingerprint density at radius 3 is 2.35 bits per heavy atom. The van der Waals surface area contributed by atoms with Gasteiger partial charge in [0.25, 0.3) is 0 Å². The third-order valence-electron chi connectivity index (χ3n) is 4.33. The maximum Gasteiger partial charge on any atom is 0.154 e.